The number of hydrogen-bond donors (Lipinski definition) is 1. The van der Waals surface area contributed by atoms with Crippen LogP contribution in [0.5, 0.6) is 0 Å². The van der Waals surface area contributed by atoms with Gasteiger partial charge in [0, 0.05) is 37.2 Å². The third kappa shape index (κ3) is 3.15. The highest BCUT2D eigenvalue weighted by Crippen LogP contribution is 2.33. The number of benzene rings is 1. The Labute approximate surface area is 146 Å². The van der Waals surface area contributed by atoms with Crippen molar-refractivity contribution in [1.29, 1.82) is 0 Å². The van der Waals surface area contributed by atoms with Crippen LogP contribution in [-0.4, -0.2) is 28.7 Å². The lowest BCUT2D eigenvalue weighted by molar-refractivity contribution is -0.119. The Hall–Kier alpha value is -2.66. The molecule has 5 heteroatoms. The lowest BCUT2D eigenvalue weighted by atomic mass is 9.86. The molecule has 4 rings (SSSR count). The van der Waals surface area contributed by atoms with Gasteiger partial charge in [0.2, 0.25) is 5.91 Å². The molecule has 128 valence electrons. The topological polar surface area (TPSA) is 56.1 Å². The number of fused-ring (bicyclic) bond motifs is 1. The monoisotopic (exact) mass is 335 g/mol. The first-order valence-corrected chi connectivity index (χ1v) is 8.62. The molecule has 0 saturated carbocycles. The lowest BCUT2D eigenvalue weighted by Gasteiger charge is -2.38. The maximum atomic E-state index is 12.8. The summed E-state index contributed by atoms with van der Waals surface area (Å²) >= 11 is 0. The Morgan fingerprint density at radius 3 is 2.72 bits per heavy atom. The predicted octanol–water partition coefficient (Wildman–Crippen LogP) is 3.57. The quantitative estimate of drug-likeness (QED) is 0.793. The second kappa shape index (κ2) is 6.69. The number of carbonyl (C=O) groups is 1. The van der Waals surface area contributed by atoms with Crippen molar-refractivity contribution in [3.63, 3.8) is 0 Å². The minimum Gasteiger partial charge on any atom is -0.381 e. The third-order valence-electron chi connectivity index (χ3n) is 4.99. The molecule has 5 nitrogen and oxygen atoms in total. The zero-order valence-corrected chi connectivity index (χ0v) is 14.0. The van der Waals surface area contributed by atoms with Gasteiger partial charge in [-0.2, -0.15) is 0 Å². The van der Waals surface area contributed by atoms with Gasteiger partial charge in [0.1, 0.15) is 0 Å². The fourth-order valence-corrected chi connectivity index (χ4v) is 3.63. The molecule has 1 saturated heterocycles. The number of carbonyl (C=O) groups excluding carboxylic acids is 1. The van der Waals surface area contributed by atoms with Gasteiger partial charge >= 0.3 is 0 Å². The van der Waals surface area contributed by atoms with Crippen LogP contribution in [0.3, 0.4) is 0 Å². The summed E-state index contributed by atoms with van der Waals surface area (Å²) in [5.74, 6) is 0.0203. The molecule has 2 aromatic heterocycles. The SMILES string of the molecule is O=C(CC1(n2cccc2)CCOCC1)Nc1cccc2ncccc12. The average Bonchev–Trinajstić information content (AvgIpc) is 3.18. The summed E-state index contributed by atoms with van der Waals surface area (Å²) in [6.45, 7) is 1.37. The van der Waals surface area contributed by atoms with Crippen molar-refractivity contribution in [3.05, 3.63) is 61.1 Å². The zero-order valence-electron chi connectivity index (χ0n) is 14.0. The molecule has 0 atom stereocenters. The molecule has 0 radical (unpaired) electrons. The van der Waals surface area contributed by atoms with E-state index in [0.717, 1.165) is 29.4 Å². The fraction of sp³-hybridized carbons (Fsp3) is 0.300. The fourth-order valence-electron chi connectivity index (χ4n) is 3.63. The van der Waals surface area contributed by atoms with E-state index in [0.29, 0.717) is 19.6 Å². The third-order valence-corrected chi connectivity index (χ3v) is 4.99. The number of anilines is 1. The van der Waals surface area contributed by atoms with Gasteiger partial charge in [0.15, 0.2) is 0 Å². The van der Waals surface area contributed by atoms with E-state index < -0.39 is 0 Å². The van der Waals surface area contributed by atoms with Crippen LogP contribution >= 0.6 is 0 Å². The van der Waals surface area contributed by atoms with E-state index in [2.05, 4.69) is 14.9 Å². The van der Waals surface area contributed by atoms with Crippen LogP contribution in [0.15, 0.2) is 61.1 Å². The molecule has 1 aliphatic rings. The van der Waals surface area contributed by atoms with Crippen LogP contribution in [-0.2, 0) is 15.1 Å². The Kier molecular flexibility index (Phi) is 4.24. The first-order valence-electron chi connectivity index (χ1n) is 8.62. The van der Waals surface area contributed by atoms with E-state index in [1.807, 2.05) is 54.9 Å². The van der Waals surface area contributed by atoms with Gasteiger partial charge in [-0.3, -0.25) is 9.78 Å². The number of nitrogens with zero attached hydrogens (tertiary/aromatic N) is 2. The first-order chi connectivity index (χ1) is 12.3. The molecule has 0 spiro atoms. The number of amides is 1. The van der Waals surface area contributed by atoms with Crippen molar-refractivity contribution in [2.24, 2.45) is 0 Å². The Morgan fingerprint density at radius 2 is 1.92 bits per heavy atom. The molecule has 1 aliphatic heterocycles. The highest BCUT2D eigenvalue weighted by Gasteiger charge is 2.36. The number of nitrogens with one attached hydrogen (secondary N) is 1. The number of ether oxygens (including phenoxy) is 1. The van der Waals surface area contributed by atoms with Gasteiger partial charge in [0.25, 0.3) is 0 Å². The Bertz CT molecular complexity index is 862. The molecule has 1 N–H and O–H groups in total. The summed E-state index contributed by atoms with van der Waals surface area (Å²) < 4.78 is 7.69. The van der Waals surface area contributed by atoms with Crippen LogP contribution in [0.2, 0.25) is 0 Å². The summed E-state index contributed by atoms with van der Waals surface area (Å²) in [5, 5.41) is 4.04. The van der Waals surface area contributed by atoms with Gasteiger partial charge in [-0.25, -0.2) is 0 Å². The normalized spacial score (nSPS) is 16.6. The van der Waals surface area contributed by atoms with Crippen molar-refractivity contribution in [2.75, 3.05) is 18.5 Å². The lowest BCUT2D eigenvalue weighted by Crippen LogP contribution is -2.42. The minimum atomic E-state index is -0.214. The van der Waals surface area contributed by atoms with Crippen LogP contribution in [0, 0.1) is 0 Å². The average molecular weight is 335 g/mol. The number of rotatable bonds is 4. The standard InChI is InChI=1S/C20H21N3O2/c24-19(22-18-7-3-6-17-16(18)5-4-10-21-17)15-20(8-13-25-14-9-20)23-11-1-2-12-23/h1-7,10-12H,8-9,13-15H2,(H,22,24). The maximum absolute atomic E-state index is 12.8. The summed E-state index contributed by atoms with van der Waals surface area (Å²) in [4.78, 5) is 17.2. The molecule has 25 heavy (non-hydrogen) atoms. The van der Waals surface area contributed by atoms with Crippen molar-refractivity contribution < 1.29 is 9.53 Å². The van der Waals surface area contributed by atoms with E-state index in [1.165, 1.54) is 0 Å². The van der Waals surface area contributed by atoms with Crippen LogP contribution in [0.4, 0.5) is 5.69 Å². The van der Waals surface area contributed by atoms with Gasteiger partial charge in [0.05, 0.1) is 23.2 Å². The molecule has 0 unspecified atom stereocenters. The number of pyridine rings is 1. The van der Waals surface area contributed by atoms with E-state index in [-0.39, 0.29) is 11.4 Å². The van der Waals surface area contributed by atoms with Gasteiger partial charge < -0.3 is 14.6 Å². The van der Waals surface area contributed by atoms with E-state index in [1.54, 1.807) is 6.20 Å². The highest BCUT2D eigenvalue weighted by atomic mass is 16.5. The highest BCUT2D eigenvalue weighted by molar-refractivity contribution is 6.01. The summed E-state index contributed by atoms with van der Waals surface area (Å²) in [6.07, 6.45) is 7.96. The van der Waals surface area contributed by atoms with Crippen LogP contribution < -0.4 is 5.32 Å². The van der Waals surface area contributed by atoms with Crippen LogP contribution in [0.25, 0.3) is 10.9 Å². The second-order valence-electron chi connectivity index (χ2n) is 6.53. The first kappa shape index (κ1) is 15.8. The van der Waals surface area contributed by atoms with E-state index in [9.17, 15) is 4.79 Å². The summed E-state index contributed by atoms with van der Waals surface area (Å²) in [5.41, 5.74) is 1.48. The van der Waals surface area contributed by atoms with E-state index in [4.69, 9.17) is 4.74 Å². The predicted molar refractivity (Wildman–Crippen MR) is 97.4 cm³/mol. The largest absolute Gasteiger partial charge is 0.381 e. The Morgan fingerprint density at radius 1 is 1.12 bits per heavy atom. The Balaban J connectivity index is 1.58. The van der Waals surface area contributed by atoms with Crippen molar-refractivity contribution >= 4 is 22.5 Å². The number of aromatic nitrogens is 2. The van der Waals surface area contributed by atoms with Crippen LogP contribution in [0.1, 0.15) is 19.3 Å². The van der Waals surface area contributed by atoms with Crippen molar-refractivity contribution in [2.45, 2.75) is 24.8 Å². The summed E-state index contributed by atoms with van der Waals surface area (Å²) in [6, 6.07) is 13.7. The maximum Gasteiger partial charge on any atom is 0.226 e. The zero-order chi connectivity index (χ0) is 17.1. The molecule has 0 aliphatic carbocycles. The second-order valence-corrected chi connectivity index (χ2v) is 6.53. The van der Waals surface area contributed by atoms with Crippen molar-refractivity contribution in [1.82, 2.24) is 9.55 Å². The van der Waals surface area contributed by atoms with Crippen molar-refractivity contribution in [3.8, 4) is 0 Å². The molecule has 0 bridgehead atoms. The van der Waals surface area contributed by atoms with E-state index >= 15 is 0 Å². The molecule has 1 fully saturated rings. The smallest absolute Gasteiger partial charge is 0.226 e. The molecule has 1 aromatic carbocycles. The van der Waals surface area contributed by atoms with Gasteiger partial charge in [-0.05, 0) is 49.2 Å². The van der Waals surface area contributed by atoms with Gasteiger partial charge in [-0.1, -0.05) is 6.07 Å². The molecule has 3 aromatic rings. The molecule has 1 amide bonds. The number of hydrogen-bond acceptors (Lipinski definition) is 3. The summed E-state index contributed by atoms with van der Waals surface area (Å²) in [7, 11) is 0. The molecule has 3 heterocycles. The minimum absolute atomic E-state index is 0.0203. The molecular weight excluding hydrogens is 314 g/mol. The molecular formula is C20H21N3O2. The van der Waals surface area contributed by atoms with Gasteiger partial charge in [-0.15, -0.1) is 0 Å².